The summed E-state index contributed by atoms with van der Waals surface area (Å²) >= 11 is 0. The summed E-state index contributed by atoms with van der Waals surface area (Å²) in [6.45, 7) is 1.08. The number of para-hydroxylation sites is 1. The molecule has 1 aliphatic rings. The van der Waals surface area contributed by atoms with Gasteiger partial charge in [0.25, 0.3) is 0 Å². The molecule has 1 fully saturated rings. The average Bonchev–Trinajstić information content (AvgIpc) is 2.38. The molecule has 1 atom stereocenters. The second-order valence-corrected chi connectivity index (χ2v) is 6.88. The van der Waals surface area contributed by atoms with Gasteiger partial charge in [-0.2, -0.15) is 4.31 Å². The summed E-state index contributed by atoms with van der Waals surface area (Å²) in [5.74, 6) is -0.925. The smallest absolute Gasteiger partial charge is 0.305 e. The van der Waals surface area contributed by atoms with Gasteiger partial charge < -0.3 is 10.0 Å². The zero-order chi connectivity index (χ0) is 14.8. The van der Waals surface area contributed by atoms with E-state index in [-0.39, 0.29) is 19.0 Å². The highest BCUT2D eigenvalue weighted by Crippen LogP contribution is 2.23. The first-order chi connectivity index (χ1) is 9.38. The first-order valence-electron chi connectivity index (χ1n) is 6.36. The van der Waals surface area contributed by atoms with Gasteiger partial charge in [-0.1, -0.05) is 18.2 Å². The number of carboxylic acids is 1. The Kier molecular flexibility index (Phi) is 4.29. The Morgan fingerprint density at radius 3 is 2.50 bits per heavy atom. The molecule has 110 valence electrons. The molecule has 1 aromatic carbocycles. The zero-order valence-corrected chi connectivity index (χ0v) is 12.1. The topological polar surface area (TPSA) is 77.9 Å². The Balaban J connectivity index is 2.22. The van der Waals surface area contributed by atoms with Crippen LogP contribution >= 0.6 is 0 Å². The molecule has 20 heavy (non-hydrogen) atoms. The highest BCUT2D eigenvalue weighted by atomic mass is 32.2. The Bertz CT molecular complexity index is 573. The summed E-state index contributed by atoms with van der Waals surface area (Å²) in [6, 6.07) is 9.13. The van der Waals surface area contributed by atoms with Crippen molar-refractivity contribution in [1.82, 2.24) is 4.31 Å². The van der Waals surface area contributed by atoms with E-state index >= 15 is 0 Å². The molecule has 0 aromatic heterocycles. The van der Waals surface area contributed by atoms with Crippen molar-refractivity contribution in [2.75, 3.05) is 30.8 Å². The molecule has 0 aliphatic carbocycles. The molecule has 0 amide bonds. The van der Waals surface area contributed by atoms with Crippen LogP contribution in [0.25, 0.3) is 0 Å². The second kappa shape index (κ2) is 5.80. The van der Waals surface area contributed by atoms with E-state index in [1.165, 1.54) is 4.31 Å². The minimum absolute atomic E-state index is 0.0824. The normalized spacial score (nSPS) is 20.9. The predicted octanol–water partition coefficient (Wildman–Crippen LogP) is 0.611. The number of nitrogens with zero attached hydrogens (tertiary/aromatic N) is 2. The Morgan fingerprint density at radius 2 is 1.95 bits per heavy atom. The summed E-state index contributed by atoms with van der Waals surface area (Å²) < 4.78 is 24.6. The zero-order valence-electron chi connectivity index (χ0n) is 11.3. The minimum atomic E-state index is -3.29. The molecule has 6 nitrogen and oxygen atoms in total. The summed E-state index contributed by atoms with van der Waals surface area (Å²) in [5.41, 5.74) is 0.923. The molecule has 2 rings (SSSR count). The lowest BCUT2D eigenvalue weighted by atomic mass is 10.1. The van der Waals surface area contributed by atoms with Gasteiger partial charge in [0.2, 0.25) is 10.0 Å². The number of hydrogen-bond acceptors (Lipinski definition) is 4. The lowest BCUT2D eigenvalue weighted by Gasteiger charge is -2.41. The fourth-order valence-corrected chi connectivity index (χ4v) is 3.32. The molecule has 0 radical (unpaired) electrons. The maximum absolute atomic E-state index is 11.6. The first-order valence-corrected chi connectivity index (χ1v) is 8.21. The van der Waals surface area contributed by atoms with Gasteiger partial charge >= 0.3 is 5.97 Å². The summed E-state index contributed by atoms with van der Waals surface area (Å²) in [4.78, 5) is 13.0. The molecule has 1 saturated heterocycles. The van der Waals surface area contributed by atoms with Crippen LogP contribution in [0.5, 0.6) is 0 Å². The van der Waals surface area contributed by atoms with Gasteiger partial charge in [-0.05, 0) is 12.1 Å². The van der Waals surface area contributed by atoms with Crippen molar-refractivity contribution in [3.8, 4) is 0 Å². The fourth-order valence-electron chi connectivity index (χ4n) is 2.46. The van der Waals surface area contributed by atoms with Gasteiger partial charge in [-0.3, -0.25) is 4.79 Å². The number of carboxylic acid groups (broad SMARTS) is 1. The number of benzene rings is 1. The van der Waals surface area contributed by atoms with Crippen molar-refractivity contribution in [3.05, 3.63) is 30.3 Å². The third-order valence-corrected chi connectivity index (χ3v) is 4.68. The molecule has 0 spiro atoms. The average molecular weight is 298 g/mol. The number of rotatable bonds is 4. The van der Waals surface area contributed by atoms with E-state index in [1.54, 1.807) is 0 Å². The summed E-state index contributed by atoms with van der Waals surface area (Å²) in [6.07, 6.45) is 1.07. The largest absolute Gasteiger partial charge is 0.481 e. The van der Waals surface area contributed by atoms with Crippen molar-refractivity contribution in [2.45, 2.75) is 12.5 Å². The first kappa shape index (κ1) is 14.8. The molecular formula is C13H18N2O4S. The number of sulfonamides is 1. The highest BCUT2D eigenvalue weighted by molar-refractivity contribution is 7.88. The van der Waals surface area contributed by atoms with Crippen LogP contribution < -0.4 is 4.90 Å². The molecule has 1 aromatic rings. The van der Waals surface area contributed by atoms with Crippen LogP contribution in [0, 0.1) is 0 Å². The summed E-state index contributed by atoms with van der Waals surface area (Å²) in [7, 11) is -3.29. The van der Waals surface area contributed by atoms with E-state index in [0.29, 0.717) is 13.1 Å². The third kappa shape index (κ3) is 3.49. The van der Waals surface area contributed by atoms with Crippen LogP contribution in [0.3, 0.4) is 0 Å². The maximum Gasteiger partial charge on any atom is 0.305 e. The van der Waals surface area contributed by atoms with E-state index in [4.69, 9.17) is 5.11 Å². The van der Waals surface area contributed by atoms with Crippen LogP contribution in [0.1, 0.15) is 6.42 Å². The Labute approximate surface area is 118 Å². The molecule has 1 heterocycles. The fraction of sp³-hybridized carbons (Fsp3) is 0.462. The van der Waals surface area contributed by atoms with Gasteiger partial charge in [0.15, 0.2) is 0 Å². The van der Waals surface area contributed by atoms with Gasteiger partial charge in [0, 0.05) is 25.3 Å². The van der Waals surface area contributed by atoms with Crippen LogP contribution in [0.4, 0.5) is 5.69 Å². The van der Waals surface area contributed by atoms with Gasteiger partial charge in [-0.15, -0.1) is 0 Å². The van der Waals surface area contributed by atoms with Crippen LogP contribution in [0.2, 0.25) is 0 Å². The number of carbonyl (C=O) groups is 1. The van der Waals surface area contributed by atoms with Gasteiger partial charge in [0.05, 0.1) is 18.7 Å². The molecular weight excluding hydrogens is 280 g/mol. The third-order valence-electron chi connectivity index (χ3n) is 3.41. The summed E-state index contributed by atoms with van der Waals surface area (Å²) in [5, 5.41) is 9.02. The number of piperazine rings is 1. The highest BCUT2D eigenvalue weighted by Gasteiger charge is 2.32. The SMILES string of the molecule is CS(=O)(=O)N1CCN(c2ccccc2)C(CC(=O)O)C1. The molecule has 1 N–H and O–H groups in total. The Morgan fingerprint density at radius 1 is 1.30 bits per heavy atom. The Hall–Kier alpha value is -1.60. The van der Waals surface area contributed by atoms with Crippen molar-refractivity contribution >= 4 is 21.7 Å². The van der Waals surface area contributed by atoms with Crippen molar-refractivity contribution in [1.29, 1.82) is 0 Å². The quantitative estimate of drug-likeness (QED) is 0.881. The number of hydrogen-bond donors (Lipinski definition) is 1. The van der Waals surface area contributed by atoms with E-state index in [9.17, 15) is 13.2 Å². The lowest BCUT2D eigenvalue weighted by molar-refractivity contribution is -0.137. The molecule has 0 bridgehead atoms. The van der Waals surface area contributed by atoms with Crippen molar-refractivity contribution in [2.24, 2.45) is 0 Å². The van der Waals surface area contributed by atoms with Crippen molar-refractivity contribution < 1.29 is 18.3 Å². The monoisotopic (exact) mass is 298 g/mol. The van der Waals surface area contributed by atoms with Crippen LogP contribution in [-0.4, -0.2) is 55.7 Å². The lowest BCUT2D eigenvalue weighted by Crippen LogP contribution is -2.55. The number of aliphatic carboxylic acids is 1. The van der Waals surface area contributed by atoms with E-state index in [0.717, 1.165) is 11.9 Å². The molecule has 0 saturated carbocycles. The molecule has 7 heteroatoms. The predicted molar refractivity (Wildman–Crippen MR) is 76.2 cm³/mol. The second-order valence-electron chi connectivity index (χ2n) is 4.90. The van der Waals surface area contributed by atoms with Gasteiger partial charge in [-0.25, -0.2) is 8.42 Å². The van der Waals surface area contributed by atoms with E-state index in [2.05, 4.69) is 0 Å². The van der Waals surface area contributed by atoms with Gasteiger partial charge in [0.1, 0.15) is 0 Å². The van der Waals surface area contributed by atoms with Crippen molar-refractivity contribution in [3.63, 3.8) is 0 Å². The molecule has 1 aliphatic heterocycles. The minimum Gasteiger partial charge on any atom is -0.481 e. The molecule has 1 unspecified atom stereocenters. The van der Waals surface area contributed by atoms with Crippen LogP contribution in [0.15, 0.2) is 30.3 Å². The van der Waals surface area contributed by atoms with E-state index in [1.807, 2.05) is 35.2 Å². The van der Waals surface area contributed by atoms with E-state index < -0.39 is 16.0 Å². The standard InChI is InChI=1S/C13H18N2O4S/c1-20(18,19)14-7-8-15(11-5-3-2-4-6-11)12(10-14)9-13(16)17/h2-6,12H,7-10H2,1H3,(H,16,17). The van der Waals surface area contributed by atoms with Crippen LogP contribution in [-0.2, 0) is 14.8 Å². The number of anilines is 1. The maximum atomic E-state index is 11.6.